The maximum Gasteiger partial charge on any atom is 0.318 e. The van der Waals surface area contributed by atoms with E-state index in [1.165, 1.54) is 6.07 Å². The molecule has 0 radical (unpaired) electrons. The zero-order valence-electron chi connectivity index (χ0n) is 15.8. The number of nitrogens with two attached hydrogens (primary N) is 1. The number of halogens is 3. The Balaban J connectivity index is 0.00000150. The Morgan fingerprint density at radius 2 is 1.52 bits per heavy atom. The van der Waals surface area contributed by atoms with Crippen molar-refractivity contribution in [2.45, 2.75) is 12.5 Å². The van der Waals surface area contributed by atoms with Crippen LogP contribution in [0.2, 0.25) is 0 Å². The molecule has 1 aliphatic rings. The fourth-order valence-corrected chi connectivity index (χ4v) is 3.31. The van der Waals surface area contributed by atoms with Crippen LogP contribution in [0.15, 0.2) is 59.0 Å². The fourth-order valence-electron chi connectivity index (χ4n) is 3.31. The lowest BCUT2D eigenvalue weighted by atomic mass is 10.1. The number of benzene rings is 2. The smallest absolute Gasteiger partial charge is 0.318 e. The molecule has 1 saturated heterocycles. The van der Waals surface area contributed by atoms with E-state index in [9.17, 15) is 4.39 Å². The summed E-state index contributed by atoms with van der Waals surface area (Å²) in [5, 5.41) is 8.28. The van der Waals surface area contributed by atoms with E-state index in [0.717, 1.165) is 5.56 Å². The Hall–Kier alpha value is -2.35. The molecule has 0 spiro atoms. The summed E-state index contributed by atoms with van der Waals surface area (Å²) in [6.45, 7) is 2.75. The molecule has 0 amide bonds. The summed E-state index contributed by atoms with van der Waals surface area (Å²) in [6, 6.07) is 17.0. The third-order valence-corrected chi connectivity index (χ3v) is 4.79. The van der Waals surface area contributed by atoms with E-state index in [4.69, 9.17) is 10.2 Å². The van der Waals surface area contributed by atoms with Crippen LogP contribution in [0.4, 0.5) is 16.1 Å². The summed E-state index contributed by atoms with van der Waals surface area (Å²) >= 11 is 0. The van der Waals surface area contributed by atoms with Gasteiger partial charge in [-0.05, 0) is 24.1 Å². The summed E-state index contributed by atoms with van der Waals surface area (Å²) in [5.74, 6) is 0.239. The topological polar surface area (TPSA) is 71.4 Å². The van der Waals surface area contributed by atoms with Crippen molar-refractivity contribution >= 4 is 36.5 Å². The molecule has 0 saturated carbocycles. The van der Waals surface area contributed by atoms with Crippen LogP contribution in [0.5, 0.6) is 0 Å². The number of nitrogens with zero attached hydrogens (tertiary/aromatic N) is 4. The lowest BCUT2D eigenvalue weighted by Gasteiger charge is -2.35. The first kappa shape index (κ1) is 22.9. The molecule has 156 valence electrons. The quantitative estimate of drug-likeness (QED) is 0.654. The van der Waals surface area contributed by atoms with E-state index in [1.54, 1.807) is 12.1 Å². The minimum Gasteiger partial charge on any atom is -0.406 e. The van der Waals surface area contributed by atoms with Crippen molar-refractivity contribution in [3.63, 3.8) is 0 Å². The first-order valence-electron chi connectivity index (χ1n) is 9.08. The minimum absolute atomic E-state index is 0. The normalized spacial score (nSPS) is 14.7. The van der Waals surface area contributed by atoms with E-state index in [-0.39, 0.29) is 36.7 Å². The average Bonchev–Trinajstić information content (AvgIpc) is 3.20. The van der Waals surface area contributed by atoms with Crippen LogP contribution in [-0.4, -0.2) is 36.4 Å². The molecule has 4 rings (SSSR count). The van der Waals surface area contributed by atoms with Crippen molar-refractivity contribution in [3.8, 4) is 0 Å². The molecule has 2 aromatic carbocycles. The predicted octanol–water partition coefficient (Wildman–Crippen LogP) is 3.62. The monoisotopic (exact) mass is 439 g/mol. The van der Waals surface area contributed by atoms with Crippen LogP contribution in [0.1, 0.15) is 17.5 Å². The summed E-state index contributed by atoms with van der Waals surface area (Å²) in [7, 11) is 0. The second-order valence-electron chi connectivity index (χ2n) is 6.64. The van der Waals surface area contributed by atoms with Gasteiger partial charge in [0.05, 0.1) is 11.7 Å². The highest BCUT2D eigenvalue weighted by Gasteiger charge is 2.24. The molecule has 1 aliphatic heterocycles. The summed E-state index contributed by atoms with van der Waals surface area (Å²) in [6.07, 6.45) is 0.642. The third-order valence-electron chi connectivity index (χ3n) is 4.79. The Labute approximate surface area is 181 Å². The molecule has 1 atom stereocenters. The third kappa shape index (κ3) is 5.38. The minimum atomic E-state index is -0.339. The molecule has 9 heteroatoms. The fraction of sp³-hybridized carbons (Fsp3) is 0.300. The number of piperazine rings is 1. The molecule has 0 aliphatic carbocycles. The van der Waals surface area contributed by atoms with Gasteiger partial charge in [-0.1, -0.05) is 47.6 Å². The van der Waals surface area contributed by atoms with Gasteiger partial charge in [0, 0.05) is 26.2 Å². The van der Waals surface area contributed by atoms with E-state index in [1.807, 2.05) is 46.2 Å². The second-order valence-corrected chi connectivity index (χ2v) is 6.64. The molecular formula is C20H24Cl2FN5O. The zero-order valence-corrected chi connectivity index (χ0v) is 17.4. The van der Waals surface area contributed by atoms with Gasteiger partial charge in [-0.3, -0.25) is 0 Å². The SMILES string of the molecule is Cl.Cl.N[C@H](Cc1ccccc1)c1nnc(N2CCN(c3ccccc3F)CC2)o1. The Kier molecular flexibility index (Phi) is 8.25. The van der Waals surface area contributed by atoms with E-state index in [0.29, 0.717) is 50.2 Å². The van der Waals surface area contributed by atoms with E-state index >= 15 is 0 Å². The molecule has 3 aromatic rings. The van der Waals surface area contributed by atoms with Crippen LogP contribution in [0, 0.1) is 5.82 Å². The van der Waals surface area contributed by atoms with Crippen LogP contribution < -0.4 is 15.5 Å². The molecule has 29 heavy (non-hydrogen) atoms. The predicted molar refractivity (Wildman–Crippen MR) is 117 cm³/mol. The summed E-state index contributed by atoms with van der Waals surface area (Å²) in [5.41, 5.74) is 7.98. The van der Waals surface area contributed by atoms with Gasteiger partial charge in [0.25, 0.3) is 0 Å². The maximum absolute atomic E-state index is 14.0. The molecule has 0 bridgehead atoms. The van der Waals surface area contributed by atoms with Crippen molar-refractivity contribution in [2.24, 2.45) is 5.73 Å². The average molecular weight is 440 g/mol. The van der Waals surface area contributed by atoms with Gasteiger partial charge in [0.1, 0.15) is 5.82 Å². The molecule has 0 unspecified atom stereocenters. The van der Waals surface area contributed by atoms with Gasteiger partial charge in [-0.25, -0.2) is 4.39 Å². The van der Waals surface area contributed by atoms with Crippen LogP contribution in [0.25, 0.3) is 0 Å². The zero-order chi connectivity index (χ0) is 18.6. The van der Waals surface area contributed by atoms with Crippen molar-refractivity contribution in [1.82, 2.24) is 10.2 Å². The standard InChI is InChI=1S/C20H22FN5O.2ClH/c21-16-8-4-5-9-18(16)25-10-12-26(13-11-25)20-24-23-19(27-20)17(22)14-15-6-2-1-3-7-15;;/h1-9,17H,10-14,22H2;2*1H/t17-;;/m1../s1. The van der Waals surface area contributed by atoms with Crippen molar-refractivity contribution < 1.29 is 8.81 Å². The lowest BCUT2D eigenvalue weighted by Crippen LogP contribution is -2.47. The lowest BCUT2D eigenvalue weighted by molar-refractivity contribution is 0.438. The Bertz CT molecular complexity index is 887. The highest BCUT2D eigenvalue weighted by atomic mass is 35.5. The number of hydrogen-bond donors (Lipinski definition) is 1. The molecule has 6 nitrogen and oxygen atoms in total. The van der Waals surface area contributed by atoms with Crippen LogP contribution in [-0.2, 0) is 6.42 Å². The van der Waals surface area contributed by atoms with Crippen molar-refractivity contribution in [3.05, 3.63) is 71.9 Å². The van der Waals surface area contributed by atoms with Crippen molar-refractivity contribution in [1.29, 1.82) is 0 Å². The van der Waals surface area contributed by atoms with Crippen LogP contribution in [0.3, 0.4) is 0 Å². The number of anilines is 2. The van der Waals surface area contributed by atoms with Gasteiger partial charge in [0.2, 0.25) is 5.89 Å². The molecule has 1 fully saturated rings. The number of rotatable bonds is 5. The van der Waals surface area contributed by atoms with E-state index in [2.05, 4.69) is 10.2 Å². The molecule has 2 heterocycles. The molecule has 2 N–H and O–H groups in total. The largest absolute Gasteiger partial charge is 0.406 e. The van der Waals surface area contributed by atoms with Crippen molar-refractivity contribution in [2.75, 3.05) is 36.0 Å². The van der Waals surface area contributed by atoms with Gasteiger partial charge in [-0.15, -0.1) is 29.9 Å². The number of aromatic nitrogens is 2. The molecular weight excluding hydrogens is 416 g/mol. The van der Waals surface area contributed by atoms with Gasteiger partial charge >= 0.3 is 6.01 Å². The molecule has 1 aromatic heterocycles. The van der Waals surface area contributed by atoms with Gasteiger partial charge in [-0.2, -0.15) is 0 Å². The Morgan fingerprint density at radius 1 is 0.897 bits per heavy atom. The number of hydrogen-bond acceptors (Lipinski definition) is 6. The number of para-hydroxylation sites is 1. The first-order chi connectivity index (χ1) is 13.2. The second kappa shape index (κ2) is 10.4. The first-order valence-corrected chi connectivity index (χ1v) is 9.08. The summed E-state index contributed by atoms with van der Waals surface area (Å²) in [4.78, 5) is 4.05. The maximum atomic E-state index is 14.0. The summed E-state index contributed by atoms with van der Waals surface area (Å²) < 4.78 is 19.8. The highest BCUT2D eigenvalue weighted by molar-refractivity contribution is 5.85. The van der Waals surface area contributed by atoms with Gasteiger partial charge in [0.15, 0.2) is 0 Å². The van der Waals surface area contributed by atoms with Crippen LogP contribution >= 0.6 is 24.8 Å². The van der Waals surface area contributed by atoms with E-state index < -0.39 is 0 Å². The Morgan fingerprint density at radius 3 is 2.21 bits per heavy atom. The van der Waals surface area contributed by atoms with Gasteiger partial charge < -0.3 is 20.0 Å². The highest BCUT2D eigenvalue weighted by Crippen LogP contribution is 2.23.